The van der Waals surface area contributed by atoms with E-state index in [1.54, 1.807) is 25.3 Å². The lowest BCUT2D eigenvalue weighted by Gasteiger charge is -2.16. The van der Waals surface area contributed by atoms with Crippen molar-refractivity contribution in [2.75, 3.05) is 20.3 Å². The van der Waals surface area contributed by atoms with Gasteiger partial charge in [0.15, 0.2) is 11.5 Å². The smallest absolute Gasteiger partial charge is 0.262 e. The van der Waals surface area contributed by atoms with Crippen LogP contribution < -0.4 is 19.5 Å². The van der Waals surface area contributed by atoms with Crippen molar-refractivity contribution in [1.29, 1.82) is 5.26 Å². The number of nitrogens with one attached hydrogen (secondary N) is 1. The maximum atomic E-state index is 12.6. The fourth-order valence-corrected chi connectivity index (χ4v) is 2.98. The zero-order valence-electron chi connectivity index (χ0n) is 18.2. The number of hydrogen-bond acceptors (Lipinski definition) is 5. The minimum absolute atomic E-state index is 0.00433. The Morgan fingerprint density at radius 3 is 2.45 bits per heavy atom. The summed E-state index contributed by atoms with van der Waals surface area (Å²) in [4.78, 5) is 12.6. The van der Waals surface area contributed by atoms with Crippen LogP contribution in [0.5, 0.6) is 17.2 Å². The van der Waals surface area contributed by atoms with Gasteiger partial charge in [-0.1, -0.05) is 18.2 Å². The number of hydrogen-bond donors (Lipinski definition) is 1. The van der Waals surface area contributed by atoms with Crippen molar-refractivity contribution in [3.8, 4) is 23.3 Å². The molecule has 31 heavy (non-hydrogen) atoms. The second-order valence-electron chi connectivity index (χ2n) is 6.57. The lowest BCUT2D eigenvalue weighted by molar-refractivity contribution is -0.117. The van der Waals surface area contributed by atoms with Crippen molar-refractivity contribution in [2.45, 2.75) is 26.8 Å². The second kappa shape index (κ2) is 12.1. The highest BCUT2D eigenvalue weighted by molar-refractivity contribution is 6.01. The van der Waals surface area contributed by atoms with E-state index in [9.17, 15) is 10.1 Å². The van der Waals surface area contributed by atoms with E-state index in [1.807, 2.05) is 50.2 Å². The van der Waals surface area contributed by atoms with Crippen LogP contribution in [0.2, 0.25) is 0 Å². The second-order valence-corrected chi connectivity index (χ2v) is 6.57. The molecule has 0 spiro atoms. The summed E-state index contributed by atoms with van der Waals surface area (Å²) in [5.74, 6) is 1.52. The molecule has 0 aromatic heterocycles. The number of carbonyl (C=O) groups excluding carboxylic acids is 1. The number of nitrogens with zero attached hydrogens (tertiary/aromatic N) is 1. The molecule has 2 rings (SSSR count). The molecule has 1 amide bonds. The standard InChI is InChI=1S/C25H28N2O4/c1-5-8-20-13-19(15-23(30-6-2)24(20)31-7-3)14-21(16-26)25(28)27-17-18-9-11-22(29-4)12-10-18/h5,9-15H,1,6-8,17H2,2-4H3,(H,27,28)/b21-14-. The summed E-state index contributed by atoms with van der Waals surface area (Å²) < 4.78 is 16.6. The Hall–Kier alpha value is -3.72. The van der Waals surface area contributed by atoms with Crippen LogP contribution in [-0.2, 0) is 17.8 Å². The van der Waals surface area contributed by atoms with Crippen molar-refractivity contribution in [1.82, 2.24) is 5.32 Å². The maximum Gasteiger partial charge on any atom is 0.262 e. The molecule has 0 radical (unpaired) electrons. The largest absolute Gasteiger partial charge is 0.497 e. The van der Waals surface area contributed by atoms with Crippen LogP contribution in [0.25, 0.3) is 6.08 Å². The Morgan fingerprint density at radius 2 is 1.87 bits per heavy atom. The summed E-state index contributed by atoms with van der Waals surface area (Å²) in [5.41, 5.74) is 2.47. The lowest BCUT2D eigenvalue weighted by Crippen LogP contribution is -2.23. The van der Waals surface area contributed by atoms with E-state index in [0.29, 0.717) is 43.2 Å². The van der Waals surface area contributed by atoms with Crippen LogP contribution in [-0.4, -0.2) is 26.2 Å². The van der Waals surface area contributed by atoms with Gasteiger partial charge in [0.2, 0.25) is 0 Å². The van der Waals surface area contributed by atoms with Gasteiger partial charge in [0.1, 0.15) is 17.4 Å². The third-order valence-corrected chi connectivity index (χ3v) is 4.40. The molecule has 0 saturated carbocycles. The Kier molecular flexibility index (Phi) is 9.18. The quantitative estimate of drug-likeness (QED) is 0.330. The molecule has 0 aliphatic heterocycles. The van der Waals surface area contributed by atoms with Gasteiger partial charge in [-0.15, -0.1) is 6.58 Å². The van der Waals surface area contributed by atoms with Crippen LogP contribution in [0.3, 0.4) is 0 Å². The topological polar surface area (TPSA) is 80.6 Å². The van der Waals surface area contributed by atoms with Crippen LogP contribution in [0.1, 0.15) is 30.5 Å². The van der Waals surface area contributed by atoms with Gasteiger partial charge in [-0.2, -0.15) is 5.26 Å². The zero-order valence-corrected chi connectivity index (χ0v) is 18.2. The lowest BCUT2D eigenvalue weighted by atomic mass is 10.0. The summed E-state index contributed by atoms with van der Waals surface area (Å²) in [6, 6.07) is 13.0. The van der Waals surface area contributed by atoms with Gasteiger partial charge in [-0.3, -0.25) is 4.79 Å². The molecule has 2 aromatic carbocycles. The number of methoxy groups -OCH3 is 1. The maximum absolute atomic E-state index is 12.6. The Labute approximate surface area is 183 Å². The molecule has 0 atom stereocenters. The van der Waals surface area contributed by atoms with Gasteiger partial charge in [0.25, 0.3) is 5.91 Å². The number of rotatable bonds is 11. The first kappa shape index (κ1) is 23.6. The van der Waals surface area contributed by atoms with Gasteiger partial charge in [0.05, 0.1) is 20.3 Å². The number of ether oxygens (including phenoxy) is 3. The Morgan fingerprint density at radius 1 is 1.16 bits per heavy atom. The first-order valence-electron chi connectivity index (χ1n) is 10.1. The van der Waals surface area contributed by atoms with E-state index in [1.165, 1.54) is 0 Å². The van der Waals surface area contributed by atoms with Crippen LogP contribution in [0.15, 0.2) is 54.6 Å². The number of allylic oxidation sites excluding steroid dienone is 1. The predicted molar refractivity (Wildman–Crippen MR) is 121 cm³/mol. The van der Waals surface area contributed by atoms with Gasteiger partial charge in [-0.25, -0.2) is 0 Å². The first-order chi connectivity index (χ1) is 15.1. The molecule has 0 aliphatic carbocycles. The fourth-order valence-electron chi connectivity index (χ4n) is 2.98. The number of amides is 1. The average molecular weight is 421 g/mol. The van der Waals surface area contributed by atoms with E-state index in [-0.39, 0.29) is 5.57 Å². The highest BCUT2D eigenvalue weighted by Gasteiger charge is 2.14. The molecule has 0 heterocycles. The summed E-state index contributed by atoms with van der Waals surface area (Å²) in [6.45, 7) is 8.85. The van der Waals surface area contributed by atoms with Crippen LogP contribution >= 0.6 is 0 Å². The van der Waals surface area contributed by atoms with Crippen molar-refractivity contribution >= 4 is 12.0 Å². The van der Waals surface area contributed by atoms with E-state index >= 15 is 0 Å². The molecule has 0 unspecified atom stereocenters. The summed E-state index contributed by atoms with van der Waals surface area (Å²) in [5, 5.41) is 12.3. The highest BCUT2D eigenvalue weighted by atomic mass is 16.5. The summed E-state index contributed by atoms with van der Waals surface area (Å²) in [7, 11) is 1.60. The van der Waals surface area contributed by atoms with Gasteiger partial charge >= 0.3 is 0 Å². The SMILES string of the molecule is C=CCc1cc(/C=C(/C#N)C(=O)NCc2ccc(OC)cc2)cc(OCC)c1OCC. The molecule has 0 fully saturated rings. The van der Waals surface area contributed by atoms with Gasteiger partial charge in [0, 0.05) is 12.1 Å². The van der Waals surface area contributed by atoms with Gasteiger partial charge in [-0.05, 0) is 61.7 Å². The fraction of sp³-hybridized carbons (Fsp3) is 0.280. The van der Waals surface area contributed by atoms with E-state index in [4.69, 9.17) is 14.2 Å². The molecule has 0 bridgehead atoms. The molecule has 2 aromatic rings. The monoisotopic (exact) mass is 420 g/mol. The van der Waals surface area contributed by atoms with Crippen LogP contribution in [0, 0.1) is 11.3 Å². The van der Waals surface area contributed by atoms with E-state index in [2.05, 4.69) is 11.9 Å². The minimum Gasteiger partial charge on any atom is -0.497 e. The number of benzene rings is 2. The van der Waals surface area contributed by atoms with E-state index < -0.39 is 5.91 Å². The normalized spacial score (nSPS) is 10.7. The molecule has 162 valence electrons. The molecule has 1 N–H and O–H groups in total. The highest BCUT2D eigenvalue weighted by Crippen LogP contribution is 2.34. The van der Waals surface area contributed by atoms with Crippen molar-refractivity contribution in [2.24, 2.45) is 0 Å². The number of nitriles is 1. The summed E-state index contributed by atoms with van der Waals surface area (Å²) >= 11 is 0. The molecular weight excluding hydrogens is 392 g/mol. The summed E-state index contributed by atoms with van der Waals surface area (Å²) in [6.07, 6.45) is 3.89. The minimum atomic E-state index is -0.449. The van der Waals surface area contributed by atoms with Crippen molar-refractivity contribution < 1.29 is 19.0 Å². The van der Waals surface area contributed by atoms with E-state index in [0.717, 1.165) is 16.9 Å². The Bertz CT molecular complexity index is 972. The Balaban J connectivity index is 2.27. The first-order valence-corrected chi connectivity index (χ1v) is 10.1. The predicted octanol–water partition coefficient (Wildman–Crippen LogP) is 4.44. The third-order valence-electron chi connectivity index (χ3n) is 4.40. The third kappa shape index (κ3) is 6.65. The molecule has 0 aliphatic rings. The molecular formula is C25H28N2O4. The zero-order chi connectivity index (χ0) is 22.6. The molecule has 6 heteroatoms. The molecule has 6 nitrogen and oxygen atoms in total. The number of carbonyl (C=O) groups is 1. The van der Waals surface area contributed by atoms with Crippen molar-refractivity contribution in [3.05, 3.63) is 71.3 Å². The average Bonchev–Trinajstić information content (AvgIpc) is 2.78. The van der Waals surface area contributed by atoms with Crippen molar-refractivity contribution in [3.63, 3.8) is 0 Å². The molecule has 0 saturated heterocycles. The van der Waals surface area contributed by atoms with Gasteiger partial charge < -0.3 is 19.5 Å². The van der Waals surface area contributed by atoms with Crippen LogP contribution in [0.4, 0.5) is 0 Å².